The molecule has 1 fully saturated rings. The number of hydrogen-bond donors (Lipinski definition) is 1. The van der Waals surface area contributed by atoms with Crippen molar-refractivity contribution in [3.05, 3.63) is 48.8 Å². The van der Waals surface area contributed by atoms with Crippen molar-refractivity contribution < 1.29 is 9.18 Å². The molecule has 1 N–H and O–H groups in total. The van der Waals surface area contributed by atoms with Gasteiger partial charge in [0.05, 0.1) is 6.33 Å². The number of nitrogens with zero attached hydrogens (tertiary/aromatic N) is 3. The van der Waals surface area contributed by atoms with Crippen molar-refractivity contribution in [1.29, 1.82) is 0 Å². The number of nitrogens with one attached hydrogen (secondary N) is 1. The molecule has 110 valence electrons. The number of amides is 2. The number of carbonyl (C=O) groups is 1. The van der Waals surface area contributed by atoms with Gasteiger partial charge >= 0.3 is 6.03 Å². The third-order valence-corrected chi connectivity index (χ3v) is 3.77. The van der Waals surface area contributed by atoms with Crippen molar-refractivity contribution in [2.75, 3.05) is 18.4 Å². The second-order valence-corrected chi connectivity index (χ2v) is 5.17. The first-order valence-electron chi connectivity index (χ1n) is 7.01. The molecule has 3 rings (SSSR count). The zero-order valence-electron chi connectivity index (χ0n) is 11.6. The Balaban J connectivity index is 1.55. The van der Waals surface area contributed by atoms with Gasteiger partial charge in [-0.2, -0.15) is 0 Å². The van der Waals surface area contributed by atoms with Crippen LogP contribution in [0.4, 0.5) is 14.9 Å². The summed E-state index contributed by atoms with van der Waals surface area (Å²) in [6, 6.07) is 6.15. The number of urea groups is 1. The van der Waals surface area contributed by atoms with E-state index in [1.54, 1.807) is 23.2 Å². The number of aromatic nitrogens is 2. The zero-order valence-corrected chi connectivity index (χ0v) is 11.6. The Hall–Kier alpha value is -2.37. The predicted octanol–water partition coefficient (Wildman–Crippen LogP) is 2.89. The molecule has 5 nitrogen and oxygen atoms in total. The molecule has 0 unspecified atom stereocenters. The highest BCUT2D eigenvalue weighted by molar-refractivity contribution is 5.89. The molecular formula is C15H17FN4O. The summed E-state index contributed by atoms with van der Waals surface area (Å²) in [5.74, 6) is -0.355. The Labute approximate surface area is 122 Å². The van der Waals surface area contributed by atoms with Crippen LogP contribution in [0.15, 0.2) is 43.0 Å². The van der Waals surface area contributed by atoms with Crippen LogP contribution in [0.3, 0.4) is 0 Å². The fraction of sp³-hybridized carbons (Fsp3) is 0.333. The molecule has 6 heteroatoms. The lowest BCUT2D eigenvalue weighted by molar-refractivity contribution is 0.183. The van der Waals surface area contributed by atoms with Crippen LogP contribution in [-0.2, 0) is 0 Å². The van der Waals surface area contributed by atoms with Gasteiger partial charge in [0.1, 0.15) is 5.82 Å². The van der Waals surface area contributed by atoms with Gasteiger partial charge in [0.25, 0.3) is 0 Å². The van der Waals surface area contributed by atoms with E-state index in [4.69, 9.17) is 0 Å². The van der Waals surface area contributed by atoms with E-state index in [-0.39, 0.29) is 11.8 Å². The normalized spacial score (nSPS) is 16.0. The summed E-state index contributed by atoms with van der Waals surface area (Å²) in [5.41, 5.74) is 0.483. The van der Waals surface area contributed by atoms with Gasteiger partial charge in [-0.05, 0) is 31.0 Å². The van der Waals surface area contributed by atoms with Gasteiger partial charge in [-0.15, -0.1) is 0 Å². The summed E-state index contributed by atoms with van der Waals surface area (Å²) in [6.07, 6.45) is 7.32. The molecule has 1 aromatic heterocycles. The SMILES string of the molecule is O=C(Nc1cccc(F)c1)N1CCC(n2ccnc2)CC1. The number of likely N-dealkylation sites (tertiary alicyclic amines) is 1. The maximum atomic E-state index is 13.1. The fourth-order valence-electron chi connectivity index (χ4n) is 2.62. The Morgan fingerprint density at radius 3 is 2.81 bits per heavy atom. The second kappa shape index (κ2) is 5.95. The minimum Gasteiger partial charge on any atom is -0.334 e. The van der Waals surface area contributed by atoms with E-state index in [0.717, 1.165) is 12.8 Å². The highest BCUT2D eigenvalue weighted by Crippen LogP contribution is 2.22. The number of carbonyl (C=O) groups excluding carboxylic acids is 1. The molecule has 2 amide bonds. The number of anilines is 1. The fourth-order valence-corrected chi connectivity index (χ4v) is 2.62. The van der Waals surface area contributed by atoms with Crippen molar-refractivity contribution in [2.45, 2.75) is 18.9 Å². The summed E-state index contributed by atoms with van der Waals surface area (Å²) >= 11 is 0. The number of hydrogen-bond acceptors (Lipinski definition) is 2. The van der Waals surface area contributed by atoms with E-state index >= 15 is 0 Å². The van der Waals surface area contributed by atoms with Crippen LogP contribution in [0, 0.1) is 5.82 Å². The van der Waals surface area contributed by atoms with E-state index in [1.165, 1.54) is 12.1 Å². The van der Waals surface area contributed by atoms with Crippen LogP contribution in [0.25, 0.3) is 0 Å². The minimum absolute atomic E-state index is 0.176. The average Bonchev–Trinajstić information content (AvgIpc) is 3.01. The number of rotatable bonds is 2. The van der Waals surface area contributed by atoms with E-state index in [0.29, 0.717) is 24.8 Å². The predicted molar refractivity (Wildman–Crippen MR) is 77.5 cm³/mol. The Kier molecular flexibility index (Phi) is 3.85. The highest BCUT2D eigenvalue weighted by Gasteiger charge is 2.23. The Morgan fingerprint density at radius 1 is 1.33 bits per heavy atom. The van der Waals surface area contributed by atoms with Gasteiger partial charge in [-0.1, -0.05) is 6.07 Å². The summed E-state index contributed by atoms with van der Waals surface area (Å²) in [6.45, 7) is 1.37. The largest absolute Gasteiger partial charge is 0.334 e. The van der Waals surface area contributed by atoms with Gasteiger partial charge in [0.15, 0.2) is 0 Å². The zero-order chi connectivity index (χ0) is 14.7. The first-order valence-corrected chi connectivity index (χ1v) is 7.01. The molecule has 1 aliphatic heterocycles. The lowest BCUT2D eigenvalue weighted by Crippen LogP contribution is -2.41. The van der Waals surface area contributed by atoms with Gasteiger partial charge in [0, 0.05) is 37.2 Å². The third-order valence-electron chi connectivity index (χ3n) is 3.77. The van der Waals surface area contributed by atoms with Crippen LogP contribution >= 0.6 is 0 Å². The molecule has 1 aromatic carbocycles. The number of halogens is 1. The molecule has 0 radical (unpaired) electrons. The van der Waals surface area contributed by atoms with E-state index in [1.807, 2.05) is 12.5 Å². The molecule has 0 aliphatic carbocycles. The molecule has 0 spiro atoms. The van der Waals surface area contributed by atoms with Crippen molar-refractivity contribution in [1.82, 2.24) is 14.5 Å². The van der Waals surface area contributed by atoms with Crippen molar-refractivity contribution in [3.8, 4) is 0 Å². The quantitative estimate of drug-likeness (QED) is 0.923. The van der Waals surface area contributed by atoms with E-state index < -0.39 is 0 Å². The summed E-state index contributed by atoms with van der Waals surface area (Å²) in [4.78, 5) is 18.0. The first-order chi connectivity index (χ1) is 10.2. The van der Waals surface area contributed by atoms with Crippen molar-refractivity contribution >= 4 is 11.7 Å². The first kappa shape index (κ1) is 13.6. The molecule has 0 saturated carbocycles. The average molecular weight is 288 g/mol. The minimum atomic E-state index is -0.355. The number of benzene rings is 1. The smallest absolute Gasteiger partial charge is 0.321 e. The lowest BCUT2D eigenvalue weighted by atomic mass is 10.1. The van der Waals surface area contributed by atoms with Gasteiger partial charge in [-0.3, -0.25) is 0 Å². The van der Waals surface area contributed by atoms with Gasteiger partial charge in [0.2, 0.25) is 0 Å². The third kappa shape index (κ3) is 3.21. The number of imidazole rings is 1. The molecule has 0 bridgehead atoms. The van der Waals surface area contributed by atoms with Gasteiger partial charge in [-0.25, -0.2) is 14.2 Å². The van der Waals surface area contributed by atoms with E-state index in [2.05, 4.69) is 14.9 Å². The topological polar surface area (TPSA) is 50.2 Å². The van der Waals surface area contributed by atoms with Crippen LogP contribution in [0.1, 0.15) is 18.9 Å². The maximum absolute atomic E-state index is 13.1. The van der Waals surface area contributed by atoms with Crippen molar-refractivity contribution in [3.63, 3.8) is 0 Å². The molecule has 2 aromatic rings. The number of piperidine rings is 1. The maximum Gasteiger partial charge on any atom is 0.321 e. The van der Waals surface area contributed by atoms with Gasteiger partial charge < -0.3 is 14.8 Å². The summed E-state index contributed by atoms with van der Waals surface area (Å²) in [5, 5.41) is 2.73. The molecule has 1 aliphatic rings. The molecule has 2 heterocycles. The highest BCUT2D eigenvalue weighted by atomic mass is 19.1. The standard InChI is InChI=1S/C15H17FN4O/c16-12-2-1-3-13(10-12)18-15(21)19-7-4-14(5-8-19)20-9-6-17-11-20/h1-3,6,9-11,14H,4-5,7-8H2,(H,18,21). The Morgan fingerprint density at radius 2 is 2.14 bits per heavy atom. The van der Waals surface area contributed by atoms with Crippen molar-refractivity contribution in [2.24, 2.45) is 0 Å². The van der Waals surface area contributed by atoms with Crippen LogP contribution in [0.2, 0.25) is 0 Å². The Bertz CT molecular complexity index is 606. The second-order valence-electron chi connectivity index (χ2n) is 5.17. The molecule has 21 heavy (non-hydrogen) atoms. The summed E-state index contributed by atoms with van der Waals surface area (Å²) in [7, 11) is 0. The summed E-state index contributed by atoms with van der Waals surface area (Å²) < 4.78 is 15.2. The molecule has 1 saturated heterocycles. The molecule has 0 atom stereocenters. The van der Waals surface area contributed by atoms with E-state index in [9.17, 15) is 9.18 Å². The monoisotopic (exact) mass is 288 g/mol. The van der Waals surface area contributed by atoms with Crippen LogP contribution < -0.4 is 5.32 Å². The van der Waals surface area contributed by atoms with Crippen LogP contribution in [-0.4, -0.2) is 33.6 Å². The molecular weight excluding hydrogens is 271 g/mol. The lowest BCUT2D eigenvalue weighted by Gasteiger charge is -2.32. The van der Waals surface area contributed by atoms with Crippen LogP contribution in [0.5, 0.6) is 0 Å².